The van der Waals surface area contributed by atoms with Crippen LogP contribution < -0.4 is 5.69 Å². The van der Waals surface area contributed by atoms with Gasteiger partial charge < -0.3 is 9.32 Å². The standard InChI is InChI=1S/C24H25F3N6O2/c1-14(2)31-9-7-18(8-10-31)33-20-11-16(25)4-6-19(20)32(24(33)34)13-17-5-3-15(12-28-17)22-29-30-23(35-22)21(26)27/h3-6,11-12,14,18,21H,7-10,13H2,1-2H3. The predicted octanol–water partition coefficient (Wildman–Crippen LogP) is 4.42. The quantitative estimate of drug-likeness (QED) is 0.401. The Labute approximate surface area is 199 Å². The second-order valence-electron chi connectivity index (χ2n) is 9.02. The van der Waals surface area contributed by atoms with Crippen molar-refractivity contribution in [2.24, 2.45) is 0 Å². The van der Waals surface area contributed by atoms with Gasteiger partial charge in [-0.05, 0) is 57.0 Å². The highest BCUT2D eigenvalue weighted by atomic mass is 19.3. The minimum absolute atomic E-state index is 0.0139. The number of rotatable bonds is 6. The Hall–Kier alpha value is -3.47. The summed E-state index contributed by atoms with van der Waals surface area (Å²) in [4.78, 5) is 20.3. The molecule has 1 fully saturated rings. The van der Waals surface area contributed by atoms with Gasteiger partial charge in [0.25, 0.3) is 5.89 Å². The average molecular weight is 486 g/mol. The number of alkyl halides is 2. The molecule has 8 nitrogen and oxygen atoms in total. The summed E-state index contributed by atoms with van der Waals surface area (Å²) in [5, 5.41) is 6.94. The molecule has 0 aliphatic carbocycles. The molecule has 184 valence electrons. The molecule has 0 saturated carbocycles. The summed E-state index contributed by atoms with van der Waals surface area (Å²) in [7, 11) is 0. The summed E-state index contributed by atoms with van der Waals surface area (Å²) >= 11 is 0. The van der Waals surface area contributed by atoms with Crippen molar-refractivity contribution < 1.29 is 17.6 Å². The van der Waals surface area contributed by atoms with Gasteiger partial charge >= 0.3 is 12.1 Å². The van der Waals surface area contributed by atoms with E-state index in [-0.39, 0.29) is 24.2 Å². The lowest BCUT2D eigenvalue weighted by Gasteiger charge is -2.35. The van der Waals surface area contributed by atoms with E-state index in [9.17, 15) is 18.0 Å². The smallest absolute Gasteiger partial charge is 0.329 e. The normalized spacial score (nSPS) is 15.6. The van der Waals surface area contributed by atoms with Crippen molar-refractivity contribution in [3.8, 4) is 11.5 Å². The van der Waals surface area contributed by atoms with Crippen LogP contribution in [0.15, 0.2) is 45.7 Å². The molecular formula is C24H25F3N6O2. The number of halogens is 3. The fourth-order valence-corrected chi connectivity index (χ4v) is 4.67. The Kier molecular flexibility index (Phi) is 6.18. The first kappa shape index (κ1) is 23.3. The maximum Gasteiger partial charge on any atom is 0.329 e. The summed E-state index contributed by atoms with van der Waals surface area (Å²) in [5.74, 6) is -1.21. The molecule has 4 heterocycles. The summed E-state index contributed by atoms with van der Waals surface area (Å²) in [6.07, 6.45) is 0.204. The molecule has 1 aromatic carbocycles. The first-order valence-corrected chi connectivity index (χ1v) is 11.5. The van der Waals surface area contributed by atoms with Crippen molar-refractivity contribution >= 4 is 11.0 Å². The summed E-state index contributed by atoms with van der Waals surface area (Å²) in [5.41, 5.74) is 1.95. The zero-order valence-electron chi connectivity index (χ0n) is 19.4. The second kappa shape index (κ2) is 9.29. The third-order valence-electron chi connectivity index (χ3n) is 6.54. The van der Waals surface area contributed by atoms with Crippen molar-refractivity contribution in [3.63, 3.8) is 0 Å². The number of aromatic nitrogens is 5. The summed E-state index contributed by atoms with van der Waals surface area (Å²) < 4.78 is 47.9. The van der Waals surface area contributed by atoms with Crippen molar-refractivity contribution in [3.05, 3.63) is 64.4 Å². The van der Waals surface area contributed by atoms with Gasteiger partial charge in [-0.2, -0.15) is 8.78 Å². The molecule has 35 heavy (non-hydrogen) atoms. The highest BCUT2D eigenvalue weighted by Gasteiger charge is 2.26. The van der Waals surface area contributed by atoms with Crippen molar-refractivity contribution in [2.45, 2.75) is 51.7 Å². The van der Waals surface area contributed by atoms with Crippen LogP contribution in [0.2, 0.25) is 0 Å². The van der Waals surface area contributed by atoms with E-state index in [1.807, 2.05) is 0 Å². The SMILES string of the molecule is CC(C)N1CCC(n2c(=O)n(Cc3ccc(-c4nnc(C(F)F)o4)cn3)c3ccc(F)cc32)CC1. The number of piperidine rings is 1. The van der Waals surface area contributed by atoms with Gasteiger partial charge in [-0.1, -0.05) is 0 Å². The van der Waals surface area contributed by atoms with E-state index in [0.717, 1.165) is 25.9 Å². The maximum absolute atomic E-state index is 14.2. The molecule has 1 aliphatic rings. The predicted molar refractivity (Wildman–Crippen MR) is 123 cm³/mol. The molecule has 3 aromatic heterocycles. The van der Waals surface area contributed by atoms with Crippen molar-refractivity contribution in [1.29, 1.82) is 0 Å². The van der Waals surface area contributed by atoms with E-state index in [1.54, 1.807) is 27.3 Å². The second-order valence-corrected chi connectivity index (χ2v) is 9.02. The van der Waals surface area contributed by atoms with Crippen LogP contribution in [0.5, 0.6) is 0 Å². The van der Waals surface area contributed by atoms with E-state index in [2.05, 4.69) is 33.9 Å². The number of pyridine rings is 1. The number of likely N-dealkylation sites (tertiary alicyclic amines) is 1. The summed E-state index contributed by atoms with van der Waals surface area (Å²) in [6, 6.07) is 8.09. The number of imidazole rings is 1. The van der Waals surface area contributed by atoms with Crippen LogP contribution in [0.1, 0.15) is 50.7 Å². The Morgan fingerprint density at radius 1 is 1.09 bits per heavy atom. The highest BCUT2D eigenvalue weighted by Crippen LogP contribution is 2.28. The Balaban J connectivity index is 1.45. The third-order valence-corrected chi connectivity index (χ3v) is 6.54. The number of benzene rings is 1. The molecule has 11 heteroatoms. The molecular weight excluding hydrogens is 461 g/mol. The molecule has 0 unspecified atom stereocenters. The number of hydrogen-bond acceptors (Lipinski definition) is 6. The Bertz CT molecular complexity index is 1380. The molecule has 4 aromatic rings. The van der Waals surface area contributed by atoms with Gasteiger partial charge in [0.15, 0.2) is 0 Å². The fourth-order valence-electron chi connectivity index (χ4n) is 4.67. The van der Waals surface area contributed by atoms with Crippen molar-refractivity contribution in [2.75, 3.05) is 13.1 Å². The number of fused-ring (bicyclic) bond motifs is 1. The molecule has 0 atom stereocenters. The molecule has 0 spiro atoms. The zero-order chi connectivity index (χ0) is 24.7. The topological polar surface area (TPSA) is 82.0 Å². The molecule has 0 radical (unpaired) electrons. The lowest BCUT2D eigenvalue weighted by Crippen LogP contribution is -2.41. The molecule has 1 aliphatic heterocycles. The van der Waals surface area contributed by atoms with Crippen LogP contribution in [-0.4, -0.2) is 48.3 Å². The van der Waals surface area contributed by atoms with Gasteiger partial charge in [-0.3, -0.25) is 14.1 Å². The van der Waals surface area contributed by atoms with E-state index >= 15 is 0 Å². The van der Waals surface area contributed by atoms with Gasteiger partial charge in [0.2, 0.25) is 5.89 Å². The van der Waals surface area contributed by atoms with Crippen LogP contribution in [0.25, 0.3) is 22.5 Å². The van der Waals surface area contributed by atoms with Gasteiger partial charge in [0.1, 0.15) is 5.82 Å². The Morgan fingerprint density at radius 2 is 1.86 bits per heavy atom. The largest absolute Gasteiger partial charge is 0.415 e. The van der Waals surface area contributed by atoms with Crippen LogP contribution >= 0.6 is 0 Å². The van der Waals surface area contributed by atoms with Crippen molar-refractivity contribution in [1.82, 2.24) is 29.2 Å². The van der Waals surface area contributed by atoms with Crippen LogP contribution in [0, 0.1) is 5.82 Å². The van der Waals surface area contributed by atoms with E-state index in [1.165, 1.54) is 18.3 Å². The zero-order valence-corrected chi connectivity index (χ0v) is 19.4. The summed E-state index contributed by atoms with van der Waals surface area (Å²) in [6.45, 7) is 6.24. The third kappa shape index (κ3) is 4.47. The minimum atomic E-state index is -2.85. The van der Waals surface area contributed by atoms with E-state index < -0.39 is 18.1 Å². The first-order chi connectivity index (χ1) is 16.8. The molecule has 5 rings (SSSR count). The molecule has 0 N–H and O–H groups in total. The van der Waals surface area contributed by atoms with Crippen LogP contribution in [0.3, 0.4) is 0 Å². The van der Waals surface area contributed by atoms with Gasteiger partial charge in [-0.15, -0.1) is 10.2 Å². The van der Waals surface area contributed by atoms with Crippen LogP contribution in [-0.2, 0) is 6.54 Å². The van der Waals surface area contributed by atoms with Gasteiger partial charge in [0.05, 0.1) is 28.8 Å². The first-order valence-electron chi connectivity index (χ1n) is 11.5. The molecule has 1 saturated heterocycles. The molecule has 0 bridgehead atoms. The lowest BCUT2D eigenvalue weighted by molar-refractivity contribution is 0.116. The van der Waals surface area contributed by atoms with E-state index in [0.29, 0.717) is 28.3 Å². The highest BCUT2D eigenvalue weighted by molar-refractivity contribution is 5.76. The van der Waals surface area contributed by atoms with Crippen LogP contribution in [0.4, 0.5) is 13.2 Å². The average Bonchev–Trinajstić information content (AvgIpc) is 3.43. The van der Waals surface area contributed by atoms with Gasteiger partial charge in [-0.25, -0.2) is 9.18 Å². The fraction of sp³-hybridized carbons (Fsp3) is 0.417. The Morgan fingerprint density at radius 3 is 2.49 bits per heavy atom. The number of nitrogens with zero attached hydrogens (tertiary/aromatic N) is 6. The maximum atomic E-state index is 14.2. The molecule has 0 amide bonds. The number of hydrogen-bond donors (Lipinski definition) is 0. The monoisotopic (exact) mass is 486 g/mol. The van der Waals surface area contributed by atoms with E-state index in [4.69, 9.17) is 4.42 Å². The lowest BCUT2D eigenvalue weighted by atomic mass is 10.0. The minimum Gasteiger partial charge on any atom is -0.415 e. The van der Waals surface area contributed by atoms with Gasteiger partial charge in [0, 0.05) is 31.4 Å².